The molecule has 4 atom stereocenters. The predicted molar refractivity (Wildman–Crippen MR) is 113 cm³/mol. The molecule has 1 aliphatic carbocycles. The molecule has 8 heteroatoms. The van der Waals surface area contributed by atoms with Crippen molar-refractivity contribution in [2.45, 2.75) is 37.5 Å². The van der Waals surface area contributed by atoms with Crippen molar-refractivity contribution in [3.63, 3.8) is 0 Å². The molecule has 1 spiro atoms. The quantitative estimate of drug-likeness (QED) is 0.726. The normalized spacial score (nSPS) is 28.7. The molecule has 1 fully saturated rings. The van der Waals surface area contributed by atoms with Crippen molar-refractivity contribution >= 4 is 5.91 Å². The Morgan fingerprint density at radius 1 is 1.06 bits per heavy atom. The average Bonchev–Trinajstić information content (AvgIpc) is 3.44. The average molecular weight is 439 g/mol. The van der Waals surface area contributed by atoms with Crippen molar-refractivity contribution in [2.75, 3.05) is 34.7 Å². The van der Waals surface area contributed by atoms with Crippen LogP contribution in [0, 0.1) is 0 Å². The summed E-state index contributed by atoms with van der Waals surface area (Å²) < 4.78 is 35.0. The summed E-state index contributed by atoms with van der Waals surface area (Å²) in [5.74, 6) is 2.67. The minimum atomic E-state index is -0.733. The van der Waals surface area contributed by atoms with Crippen LogP contribution in [0.5, 0.6) is 28.7 Å². The van der Waals surface area contributed by atoms with Crippen molar-refractivity contribution in [1.82, 2.24) is 4.90 Å². The van der Waals surface area contributed by atoms with Gasteiger partial charge in [0.1, 0.15) is 11.6 Å². The topological polar surface area (TPSA) is 75.7 Å². The third-order valence-corrected chi connectivity index (χ3v) is 7.37. The van der Waals surface area contributed by atoms with Gasteiger partial charge in [-0.15, -0.1) is 0 Å². The number of nitrogens with zero attached hydrogens (tertiary/aromatic N) is 1. The van der Waals surface area contributed by atoms with Gasteiger partial charge in [0.05, 0.1) is 33.0 Å². The number of carbonyl (C=O) groups excluding carboxylic acids is 1. The van der Waals surface area contributed by atoms with Crippen LogP contribution >= 0.6 is 0 Å². The molecule has 32 heavy (non-hydrogen) atoms. The van der Waals surface area contributed by atoms with Crippen LogP contribution in [0.2, 0.25) is 0 Å². The van der Waals surface area contributed by atoms with Gasteiger partial charge in [-0.05, 0) is 30.2 Å². The Kier molecular flexibility index (Phi) is 3.94. The van der Waals surface area contributed by atoms with E-state index in [0.29, 0.717) is 40.9 Å². The standard InChI is InChI=1S/C24H25NO7/c1-11-9-25-23(26)18-14(6-7-15(27-3)19(18)28-4)24(25)12(2)13-8-16-20(31-10-30-16)21(29-5)17(13)22(24)32-11/h6-8,11-12,22H,9-10H2,1-5H3/t11-,12-,22-,24-/m0/s1. The van der Waals surface area contributed by atoms with E-state index in [-0.39, 0.29) is 24.7 Å². The zero-order valence-electron chi connectivity index (χ0n) is 18.7. The fourth-order valence-electron chi connectivity index (χ4n) is 6.17. The van der Waals surface area contributed by atoms with Gasteiger partial charge in [0.2, 0.25) is 12.5 Å². The smallest absolute Gasteiger partial charge is 0.259 e. The summed E-state index contributed by atoms with van der Waals surface area (Å²) in [5.41, 5.74) is 2.63. The molecule has 0 unspecified atom stereocenters. The third kappa shape index (κ3) is 2.04. The molecule has 0 aromatic heterocycles. The van der Waals surface area contributed by atoms with Crippen LogP contribution in [0.4, 0.5) is 0 Å². The first-order valence-corrected chi connectivity index (χ1v) is 10.7. The van der Waals surface area contributed by atoms with Crippen LogP contribution in [0.3, 0.4) is 0 Å². The third-order valence-electron chi connectivity index (χ3n) is 7.37. The van der Waals surface area contributed by atoms with Crippen LogP contribution in [0.25, 0.3) is 0 Å². The van der Waals surface area contributed by atoms with Gasteiger partial charge >= 0.3 is 0 Å². The van der Waals surface area contributed by atoms with Crippen molar-refractivity contribution in [2.24, 2.45) is 0 Å². The Hall–Kier alpha value is -3.13. The number of fused-ring (bicyclic) bond motifs is 4. The van der Waals surface area contributed by atoms with Gasteiger partial charge in [-0.2, -0.15) is 0 Å². The highest BCUT2D eigenvalue weighted by Crippen LogP contribution is 2.68. The molecule has 0 bridgehead atoms. The number of benzene rings is 2. The van der Waals surface area contributed by atoms with E-state index in [1.807, 2.05) is 30.0 Å². The molecule has 0 N–H and O–H groups in total. The first-order chi connectivity index (χ1) is 15.5. The molecule has 2 aromatic carbocycles. The molecule has 6 rings (SSSR count). The zero-order valence-corrected chi connectivity index (χ0v) is 18.7. The number of methoxy groups -OCH3 is 3. The summed E-state index contributed by atoms with van der Waals surface area (Å²) in [4.78, 5) is 15.8. The van der Waals surface area contributed by atoms with Crippen molar-refractivity contribution in [3.8, 4) is 28.7 Å². The van der Waals surface area contributed by atoms with Gasteiger partial charge in [-0.3, -0.25) is 4.79 Å². The number of hydrogen-bond donors (Lipinski definition) is 0. The highest BCUT2D eigenvalue weighted by molar-refractivity contribution is 6.04. The highest BCUT2D eigenvalue weighted by Gasteiger charge is 2.67. The number of carbonyl (C=O) groups is 1. The first-order valence-electron chi connectivity index (χ1n) is 10.7. The number of morpholine rings is 1. The minimum absolute atomic E-state index is 0.0745. The number of hydrogen-bond acceptors (Lipinski definition) is 7. The number of amides is 1. The molecule has 1 saturated heterocycles. The molecule has 4 aliphatic rings. The van der Waals surface area contributed by atoms with E-state index < -0.39 is 11.6 Å². The van der Waals surface area contributed by atoms with E-state index in [9.17, 15) is 4.79 Å². The summed E-state index contributed by atoms with van der Waals surface area (Å²) in [6, 6.07) is 5.83. The Morgan fingerprint density at radius 2 is 1.84 bits per heavy atom. The predicted octanol–water partition coefficient (Wildman–Crippen LogP) is 3.37. The molecule has 0 radical (unpaired) electrons. The summed E-state index contributed by atoms with van der Waals surface area (Å²) in [6.07, 6.45) is -0.587. The molecular formula is C24H25NO7. The highest BCUT2D eigenvalue weighted by atomic mass is 16.7. The number of ether oxygens (including phenoxy) is 6. The molecule has 1 amide bonds. The fourth-order valence-corrected chi connectivity index (χ4v) is 6.17. The molecule has 168 valence electrons. The lowest BCUT2D eigenvalue weighted by molar-refractivity contribution is -0.146. The second-order valence-electron chi connectivity index (χ2n) is 8.66. The van der Waals surface area contributed by atoms with E-state index in [2.05, 4.69) is 6.92 Å². The van der Waals surface area contributed by atoms with Gasteiger partial charge in [-0.25, -0.2) is 0 Å². The first kappa shape index (κ1) is 19.5. The van der Waals surface area contributed by atoms with Crippen molar-refractivity contribution in [1.29, 1.82) is 0 Å². The Morgan fingerprint density at radius 3 is 2.56 bits per heavy atom. The van der Waals surface area contributed by atoms with Gasteiger partial charge < -0.3 is 33.3 Å². The fraction of sp³-hybridized carbons (Fsp3) is 0.458. The SMILES string of the molecule is COc1ccc2c(c1OC)C(=O)N1C[C@H](C)O[C@H]3c4c(cc5c(c4OC)OCO5)[C@H](C)[C@]231. The van der Waals surface area contributed by atoms with Crippen LogP contribution in [-0.2, 0) is 10.3 Å². The summed E-state index contributed by atoms with van der Waals surface area (Å²) >= 11 is 0. The second kappa shape index (κ2) is 6.45. The van der Waals surface area contributed by atoms with Crippen molar-refractivity contribution in [3.05, 3.63) is 40.5 Å². The Labute approximate surface area is 185 Å². The molecule has 3 aliphatic heterocycles. The maximum atomic E-state index is 13.9. The lowest BCUT2D eigenvalue weighted by atomic mass is 9.76. The molecule has 8 nitrogen and oxygen atoms in total. The van der Waals surface area contributed by atoms with Gasteiger partial charge in [0.15, 0.2) is 23.0 Å². The van der Waals surface area contributed by atoms with E-state index in [4.69, 9.17) is 28.4 Å². The summed E-state index contributed by atoms with van der Waals surface area (Å²) in [5, 5.41) is 0. The monoisotopic (exact) mass is 439 g/mol. The number of rotatable bonds is 3. The van der Waals surface area contributed by atoms with Crippen LogP contribution in [0.15, 0.2) is 18.2 Å². The zero-order chi connectivity index (χ0) is 22.4. The summed E-state index contributed by atoms with van der Waals surface area (Å²) in [7, 11) is 4.76. The maximum Gasteiger partial charge on any atom is 0.259 e. The van der Waals surface area contributed by atoms with Gasteiger partial charge in [0, 0.05) is 18.0 Å². The maximum absolute atomic E-state index is 13.9. The van der Waals surface area contributed by atoms with E-state index >= 15 is 0 Å². The van der Waals surface area contributed by atoms with Crippen LogP contribution < -0.4 is 23.7 Å². The molecule has 0 saturated carbocycles. The lowest BCUT2D eigenvalue weighted by Gasteiger charge is -2.49. The lowest BCUT2D eigenvalue weighted by Crippen LogP contribution is -2.56. The minimum Gasteiger partial charge on any atom is -0.493 e. The second-order valence-corrected chi connectivity index (χ2v) is 8.66. The largest absolute Gasteiger partial charge is 0.493 e. The molecule has 3 heterocycles. The van der Waals surface area contributed by atoms with E-state index in [0.717, 1.165) is 16.7 Å². The van der Waals surface area contributed by atoms with Crippen molar-refractivity contribution < 1.29 is 33.2 Å². The van der Waals surface area contributed by atoms with Crippen LogP contribution in [-0.4, -0.2) is 51.6 Å². The summed E-state index contributed by atoms with van der Waals surface area (Å²) in [6.45, 7) is 4.75. The Balaban J connectivity index is 1.67. The van der Waals surface area contributed by atoms with Gasteiger partial charge in [-0.1, -0.05) is 13.0 Å². The van der Waals surface area contributed by atoms with E-state index in [1.54, 1.807) is 21.3 Å². The van der Waals surface area contributed by atoms with E-state index in [1.165, 1.54) is 0 Å². The molecule has 2 aromatic rings. The van der Waals surface area contributed by atoms with Crippen LogP contribution in [0.1, 0.15) is 52.9 Å². The van der Waals surface area contributed by atoms with Gasteiger partial charge in [0.25, 0.3) is 5.91 Å². The molecular weight excluding hydrogens is 414 g/mol. The Bertz CT molecular complexity index is 1160.